The second kappa shape index (κ2) is 5.60. The second-order valence-electron chi connectivity index (χ2n) is 5.11. The molecule has 21 heavy (non-hydrogen) atoms. The third-order valence-corrected chi connectivity index (χ3v) is 3.80. The summed E-state index contributed by atoms with van der Waals surface area (Å²) in [6, 6.07) is 6.10. The zero-order chi connectivity index (χ0) is 14.8. The number of aryl methyl sites for hydroxylation is 1. The molecule has 5 heteroatoms. The summed E-state index contributed by atoms with van der Waals surface area (Å²) in [6.07, 6.45) is 2.78. The molecule has 0 saturated heterocycles. The van der Waals surface area contributed by atoms with E-state index in [-0.39, 0.29) is 0 Å². The molecule has 2 aromatic rings. The Bertz CT molecular complexity index is 658. The predicted octanol–water partition coefficient (Wildman–Crippen LogP) is 2.36. The molecule has 0 saturated carbocycles. The molecule has 0 amide bonds. The number of hydrogen-bond acceptors (Lipinski definition) is 5. The van der Waals surface area contributed by atoms with Gasteiger partial charge in [-0.15, -0.1) is 0 Å². The van der Waals surface area contributed by atoms with Crippen molar-refractivity contribution in [3.63, 3.8) is 0 Å². The monoisotopic (exact) mass is 285 g/mol. The van der Waals surface area contributed by atoms with Crippen molar-refractivity contribution in [1.29, 1.82) is 0 Å². The highest BCUT2D eigenvalue weighted by molar-refractivity contribution is 5.51. The van der Waals surface area contributed by atoms with Gasteiger partial charge < -0.3 is 14.4 Å². The molecule has 5 nitrogen and oxygen atoms in total. The topological polar surface area (TPSA) is 47.5 Å². The van der Waals surface area contributed by atoms with Gasteiger partial charge in [-0.1, -0.05) is 0 Å². The van der Waals surface area contributed by atoms with E-state index in [1.165, 1.54) is 11.1 Å². The summed E-state index contributed by atoms with van der Waals surface area (Å²) in [6.45, 7) is 3.68. The molecule has 1 aromatic carbocycles. The quantitative estimate of drug-likeness (QED) is 0.866. The first kappa shape index (κ1) is 13.7. The van der Waals surface area contributed by atoms with Gasteiger partial charge in [-0.2, -0.15) is 0 Å². The molecule has 0 radical (unpaired) electrons. The summed E-state index contributed by atoms with van der Waals surface area (Å²) in [5.74, 6) is 3.34. The third kappa shape index (κ3) is 2.63. The summed E-state index contributed by atoms with van der Waals surface area (Å²) in [5.41, 5.74) is 2.57. The minimum Gasteiger partial charge on any atom is -0.493 e. The van der Waals surface area contributed by atoms with Gasteiger partial charge in [0.1, 0.15) is 11.6 Å². The summed E-state index contributed by atoms with van der Waals surface area (Å²) in [4.78, 5) is 10.9. The van der Waals surface area contributed by atoms with Gasteiger partial charge in [0.15, 0.2) is 11.5 Å². The lowest BCUT2D eigenvalue weighted by atomic mass is 9.99. The van der Waals surface area contributed by atoms with E-state index in [9.17, 15) is 0 Å². The average Bonchev–Trinajstić information content (AvgIpc) is 2.53. The van der Waals surface area contributed by atoms with Crippen molar-refractivity contribution in [3.05, 3.63) is 41.3 Å². The van der Waals surface area contributed by atoms with Crippen molar-refractivity contribution >= 4 is 5.82 Å². The Morgan fingerprint density at radius 3 is 2.48 bits per heavy atom. The Hall–Kier alpha value is -2.30. The number of nitrogens with zero attached hydrogens (tertiary/aromatic N) is 3. The molecule has 110 valence electrons. The van der Waals surface area contributed by atoms with Gasteiger partial charge >= 0.3 is 0 Å². The lowest BCUT2D eigenvalue weighted by molar-refractivity contribution is 0.353. The van der Waals surface area contributed by atoms with Gasteiger partial charge in [-0.05, 0) is 42.7 Å². The van der Waals surface area contributed by atoms with Gasteiger partial charge in [0.05, 0.1) is 14.2 Å². The first-order valence-corrected chi connectivity index (χ1v) is 6.99. The number of hydrogen-bond donors (Lipinski definition) is 0. The average molecular weight is 285 g/mol. The summed E-state index contributed by atoms with van der Waals surface area (Å²) in [7, 11) is 3.33. The number of methoxy groups -OCH3 is 2. The lowest BCUT2D eigenvalue weighted by Gasteiger charge is -2.30. The third-order valence-electron chi connectivity index (χ3n) is 3.80. The molecule has 1 aliphatic heterocycles. The highest BCUT2D eigenvalue weighted by Crippen LogP contribution is 2.34. The van der Waals surface area contributed by atoms with E-state index in [4.69, 9.17) is 9.47 Å². The van der Waals surface area contributed by atoms with Gasteiger partial charge in [-0.25, -0.2) is 9.97 Å². The Kier molecular flexibility index (Phi) is 3.64. The van der Waals surface area contributed by atoms with Crippen LogP contribution >= 0.6 is 0 Å². The smallest absolute Gasteiger partial charge is 0.161 e. The van der Waals surface area contributed by atoms with Gasteiger partial charge in [0, 0.05) is 19.3 Å². The maximum Gasteiger partial charge on any atom is 0.161 e. The van der Waals surface area contributed by atoms with Crippen molar-refractivity contribution in [2.45, 2.75) is 19.9 Å². The maximum atomic E-state index is 5.39. The van der Waals surface area contributed by atoms with E-state index < -0.39 is 0 Å². The van der Waals surface area contributed by atoms with E-state index in [1.54, 1.807) is 14.2 Å². The first-order valence-electron chi connectivity index (χ1n) is 6.99. The van der Waals surface area contributed by atoms with Crippen LogP contribution in [0.4, 0.5) is 5.82 Å². The zero-order valence-electron chi connectivity index (χ0n) is 12.6. The first-order chi connectivity index (χ1) is 10.2. The Morgan fingerprint density at radius 1 is 1.10 bits per heavy atom. The fourth-order valence-electron chi connectivity index (χ4n) is 2.70. The lowest BCUT2D eigenvalue weighted by Crippen LogP contribution is -2.31. The summed E-state index contributed by atoms with van der Waals surface area (Å²) in [5, 5.41) is 0. The molecule has 0 N–H and O–H groups in total. The molecule has 0 unspecified atom stereocenters. The van der Waals surface area contributed by atoms with Crippen LogP contribution in [0.2, 0.25) is 0 Å². The van der Waals surface area contributed by atoms with E-state index in [1.807, 2.05) is 19.2 Å². The number of benzene rings is 1. The molecule has 0 aliphatic carbocycles. The van der Waals surface area contributed by atoms with E-state index in [2.05, 4.69) is 27.0 Å². The van der Waals surface area contributed by atoms with Crippen LogP contribution in [0.1, 0.15) is 17.0 Å². The molecule has 1 aromatic heterocycles. The number of aromatic nitrogens is 2. The van der Waals surface area contributed by atoms with E-state index in [0.29, 0.717) is 0 Å². The van der Waals surface area contributed by atoms with Crippen molar-refractivity contribution in [2.75, 3.05) is 25.7 Å². The molecule has 0 spiro atoms. The number of anilines is 1. The van der Waals surface area contributed by atoms with Gasteiger partial charge in [0.25, 0.3) is 0 Å². The standard InChI is InChI=1S/C16H19N3O2/c1-11-17-6-4-16(18-11)19-7-5-12-8-14(20-2)15(21-3)9-13(12)10-19/h4,6,8-9H,5,7,10H2,1-3H3. The molecule has 0 atom stereocenters. The minimum atomic E-state index is 0.775. The van der Waals surface area contributed by atoms with E-state index >= 15 is 0 Å². The highest BCUT2D eigenvalue weighted by Gasteiger charge is 2.20. The van der Waals surface area contributed by atoms with Crippen LogP contribution in [0.5, 0.6) is 11.5 Å². The van der Waals surface area contributed by atoms with Crippen LogP contribution in [-0.2, 0) is 13.0 Å². The van der Waals surface area contributed by atoms with Crippen LogP contribution < -0.4 is 14.4 Å². The van der Waals surface area contributed by atoms with Crippen LogP contribution in [0.3, 0.4) is 0 Å². The minimum absolute atomic E-state index is 0.775. The molecular weight excluding hydrogens is 266 g/mol. The normalized spacial score (nSPS) is 13.8. The number of fused-ring (bicyclic) bond motifs is 1. The molecule has 0 bridgehead atoms. The fourth-order valence-corrected chi connectivity index (χ4v) is 2.70. The maximum absolute atomic E-state index is 5.39. The van der Waals surface area contributed by atoms with Crippen molar-refractivity contribution in [3.8, 4) is 11.5 Å². The SMILES string of the molecule is COc1cc2c(cc1OC)CN(c1ccnc(C)n1)CC2. The van der Waals surface area contributed by atoms with E-state index in [0.717, 1.165) is 42.7 Å². The van der Waals surface area contributed by atoms with Crippen LogP contribution in [0.25, 0.3) is 0 Å². The van der Waals surface area contributed by atoms with Crippen molar-refractivity contribution < 1.29 is 9.47 Å². The van der Waals surface area contributed by atoms with Gasteiger partial charge in [-0.3, -0.25) is 0 Å². The molecule has 2 heterocycles. The van der Waals surface area contributed by atoms with Crippen molar-refractivity contribution in [2.24, 2.45) is 0 Å². The summed E-state index contributed by atoms with van der Waals surface area (Å²) < 4.78 is 10.8. The number of ether oxygens (including phenoxy) is 2. The van der Waals surface area contributed by atoms with Crippen LogP contribution in [-0.4, -0.2) is 30.7 Å². The Labute approximate surface area is 124 Å². The Balaban J connectivity index is 1.91. The molecule has 0 fully saturated rings. The zero-order valence-corrected chi connectivity index (χ0v) is 12.6. The number of rotatable bonds is 3. The largest absolute Gasteiger partial charge is 0.493 e. The van der Waals surface area contributed by atoms with Crippen molar-refractivity contribution in [1.82, 2.24) is 9.97 Å². The second-order valence-corrected chi connectivity index (χ2v) is 5.11. The van der Waals surface area contributed by atoms with Gasteiger partial charge in [0.2, 0.25) is 0 Å². The highest BCUT2D eigenvalue weighted by atomic mass is 16.5. The van der Waals surface area contributed by atoms with Crippen LogP contribution in [0.15, 0.2) is 24.4 Å². The molecule has 1 aliphatic rings. The summed E-state index contributed by atoms with van der Waals surface area (Å²) >= 11 is 0. The molecule has 3 rings (SSSR count). The molecular formula is C16H19N3O2. The Morgan fingerprint density at radius 2 is 1.81 bits per heavy atom. The fraction of sp³-hybridized carbons (Fsp3) is 0.375. The predicted molar refractivity (Wildman–Crippen MR) is 81.1 cm³/mol. The van der Waals surface area contributed by atoms with Crippen LogP contribution in [0, 0.1) is 6.92 Å².